The van der Waals surface area contributed by atoms with Gasteiger partial charge in [-0.05, 0) is 60.7 Å². The topological polar surface area (TPSA) is 48.3 Å². The Morgan fingerprint density at radius 3 is 2.12 bits per heavy atom. The van der Waals surface area contributed by atoms with E-state index in [2.05, 4.69) is 0 Å². The van der Waals surface area contributed by atoms with E-state index in [1.54, 1.807) is 59.2 Å². The highest BCUT2D eigenvalue weighted by molar-refractivity contribution is 6.30. The molecule has 0 aliphatic carbocycles. The Hall–Kier alpha value is -2.85. The number of carbonyl (C=O) groups excluding carboxylic acids is 2. The van der Waals surface area contributed by atoms with E-state index in [4.69, 9.17) is 16.3 Å². The lowest BCUT2D eigenvalue weighted by Crippen LogP contribution is -2.14. The van der Waals surface area contributed by atoms with Crippen LogP contribution in [0.4, 0.5) is 0 Å². The summed E-state index contributed by atoms with van der Waals surface area (Å²) >= 11 is 5.83. The summed E-state index contributed by atoms with van der Waals surface area (Å²) in [5.74, 6) is 0.340. The van der Waals surface area contributed by atoms with Crippen LogP contribution in [0.1, 0.15) is 26.4 Å². The van der Waals surface area contributed by atoms with Gasteiger partial charge in [0, 0.05) is 29.4 Å². The molecule has 0 N–H and O–H groups in total. The summed E-state index contributed by atoms with van der Waals surface area (Å²) in [5, 5.41) is 0.586. The minimum Gasteiger partial charge on any atom is -0.485 e. The highest BCUT2D eigenvalue weighted by Gasteiger charge is 2.11. The molecule has 0 saturated heterocycles. The molecule has 0 spiro atoms. The smallest absolute Gasteiger partial charge is 0.216 e. The standard InChI is InChI=1S/C20H16ClNO3/c1-22-12-2-3-18(22)19(23)13-25-17-10-6-15(7-11-17)20(24)14-4-8-16(21)9-5-14/h2-12H,13H2,1H3. The van der Waals surface area contributed by atoms with Crippen molar-refractivity contribution < 1.29 is 14.3 Å². The van der Waals surface area contributed by atoms with Gasteiger partial charge in [-0.2, -0.15) is 0 Å². The molecular weight excluding hydrogens is 338 g/mol. The van der Waals surface area contributed by atoms with Crippen LogP contribution in [0.2, 0.25) is 5.02 Å². The van der Waals surface area contributed by atoms with Crippen molar-refractivity contribution in [3.63, 3.8) is 0 Å². The van der Waals surface area contributed by atoms with E-state index in [-0.39, 0.29) is 18.2 Å². The normalized spacial score (nSPS) is 10.5. The summed E-state index contributed by atoms with van der Waals surface area (Å²) in [5.41, 5.74) is 1.70. The Kier molecular flexibility index (Phi) is 5.00. The molecule has 0 amide bonds. The lowest BCUT2D eigenvalue weighted by Gasteiger charge is -2.07. The maximum Gasteiger partial charge on any atom is 0.216 e. The predicted octanol–water partition coefficient (Wildman–Crippen LogP) is 4.17. The molecule has 0 fully saturated rings. The van der Waals surface area contributed by atoms with Crippen molar-refractivity contribution in [2.24, 2.45) is 7.05 Å². The molecule has 3 aromatic rings. The van der Waals surface area contributed by atoms with Crippen LogP contribution in [0.15, 0.2) is 66.9 Å². The number of rotatable bonds is 6. The van der Waals surface area contributed by atoms with Gasteiger partial charge in [-0.25, -0.2) is 0 Å². The summed E-state index contributed by atoms with van der Waals surface area (Å²) < 4.78 is 7.26. The fourth-order valence-electron chi connectivity index (χ4n) is 2.44. The molecule has 5 heteroatoms. The Labute approximate surface area is 150 Å². The second-order valence-electron chi connectivity index (χ2n) is 5.58. The van der Waals surface area contributed by atoms with Crippen LogP contribution in [-0.2, 0) is 7.05 Å². The third kappa shape index (κ3) is 3.98. The Morgan fingerprint density at radius 1 is 0.960 bits per heavy atom. The van der Waals surface area contributed by atoms with Crippen LogP contribution in [0.5, 0.6) is 5.75 Å². The van der Waals surface area contributed by atoms with Crippen molar-refractivity contribution in [1.82, 2.24) is 4.57 Å². The van der Waals surface area contributed by atoms with Gasteiger partial charge in [-0.3, -0.25) is 9.59 Å². The van der Waals surface area contributed by atoms with Crippen LogP contribution >= 0.6 is 11.6 Å². The van der Waals surface area contributed by atoms with Gasteiger partial charge >= 0.3 is 0 Å². The van der Waals surface area contributed by atoms with E-state index in [1.165, 1.54) is 0 Å². The highest BCUT2D eigenvalue weighted by Crippen LogP contribution is 2.17. The number of aromatic nitrogens is 1. The van der Waals surface area contributed by atoms with Crippen molar-refractivity contribution in [2.45, 2.75) is 0 Å². The van der Waals surface area contributed by atoms with E-state index < -0.39 is 0 Å². The van der Waals surface area contributed by atoms with Gasteiger partial charge < -0.3 is 9.30 Å². The van der Waals surface area contributed by atoms with Gasteiger partial charge in [-0.15, -0.1) is 0 Å². The first-order valence-electron chi connectivity index (χ1n) is 7.72. The number of hydrogen-bond acceptors (Lipinski definition) is 3. The number of Topliss-reactive ketones (excluding diaryl/α,β-unsaturated/α-hetero) is 1. The van der Waals surface area contributed by atoms with Crippen LogP contribution in [-0.4, -0.2) is 22.7 Å². The largest absolute Gasteiger partial charge is 0.485 e. The third-order valence-corrected chi connectivity index (χ3v) is 4.07. The molecule has 0 radical (unpaired) electrons. The van der Waals surface area contributed by atoms with Crippen molar-refractivity contribution in [2.75, 3.05) is 6.61 Å². The molecular formula is C20H16ClNO3. The maximum atomic E-state index is 12.4. The molecule has 1 heterocycles. The van der Waals surface area contributed by atoms with Gasteiger partial charge in [0.25, 0.3) is 0 Å². The summed E-state index contributed by atoms with van der Waals surface area (Å²) in [6, 6.07) is 17.0. The molecule has 0 unspecified atom stereocenters. The number of benzene rings is 2. The maximum absolute atomic E-state index is 12.4. The first-order valence-corrected chi connectivity index (χ1v) is 8.10. The van der Waals surface area contributed by atoms with Crippen LogP contribution in [0.25, 0.3) is 0 Å². The van der Waals surface area contributed by atoms with Crippen LogP contribution in [0, 0.1) is 0 Å². The van der Waals surface area contributed by atoms with Crippen molar-refractivity contribution >= 4 is 23.2 Å². The molecule has 25 heavy (non-hydrogen) atoms. The summed E-state index contributed by atoms with van der Waals surface area (Å²) in [6.45, 7) is -0.0532. The Balaban J connectivity index is 1.64. The second-order valence-corrected chi connectivity index (χ2v) is 6.01. The zero-order valence-electron chi connectivity index (χ0n) is 13.6. The van der Waals surface area contributed by atoms with E-state index in [1.807, 2.05) is 19.3 Å². The zero-order chi connectivity index (χ0) is 17.8. The molecule has 0 atom stereocenters. The molecule has 1 aromatic heterocycles. The van der Waals surface area contributed by atoms with Gasteiger partial charge in [0.2, 0.25) is 5.78 Å². The molecule has 0 aliphatic heterocycles. The fraction of sp³-hybridized carbons (Fsp3) is 0.100. The molecule has 0 aliphatic rings. The van der Waals surface area contributed by atoms with E-state index in [9.17, 15) is 9.59 Å². The number of carbonyl (C=O) groups is 2. The average Bonchev–Trinajstić information content (AvgIpc) is 3.06. The SMILES string of the molecule is Cn1cccc1C(=O)COc1ccc(C(=O)c2ccc(Cl)cc2)cc1. The highest BCUT2D eigenvalue weighted by atomic mass is 35.5. The van der Waals surface area contributed by atoms with E-state index in [0.29, 0.717) is 27.6 Å². The summed E-state index contributed by atoms with van der Waals surface area (Å²) in [7, 11) is 1.81. The Morgan fingerprint density at radius 2 is 1.56 bits per heavy atom. The number of nitrogens with zero attached hydrogens (tertiary/aromatic N) is 1. The number of hydrogen-bond donors (Lipinski definition) is 0. The molecule has 4 nitrogen and oxygen atoms in total. The van der Waals surface area contributed by atoms with Crippen molar-refractivity contribution in [3.05, 3.63) is 88.7 Å². The minimum absolute atomic E-state index is 0.0532. The van der Waals surface area contributed by atoms with E-state index >= 15 is 0 Å². The zero-order valence-corrected chi connectivity index (χ0v) is 14.4. The van der Waals surface area contributed by atoms with Gasteiger partial charge in [0.05, 0.1) is 5.69 Å². The quantitative estimate of drug-likeness (QED) is 0.625. The first kappa shape index (κ1) is 17.0. The first-order chi connectivity index (χ1) is 12.0. The van der Waals surface area contributed by atoms with Crippen molar-refractivity contribution in [3.8, 4) is 5.75 Å². The number of halogens is 1. The molecule has 0 bridgehead atoms. The number of ether oxygens (including phenoxy) is 1. The third-order valence-electron chi connectivity index (χ3n) is 3.82. The lowest BCUT2D eigenvalue weighted by atomic mass is 10.0. The van der Waals surface area contributed by atoms with Crippen molar-refractivity contribution in [1.29, 1.82) is 0 Å². The second kappa shape index (κ2) is 7.36. The molecule has 2 aromatic carbocycles. The van der Waals surface area contributed by atoms with Crippen LogP contribution < -0.4 is 4.74 Å². The number of aryl methyl sites for hydroxylation is 1. The predicted molar refractivity (Wildman–Crippen MR) is 96.6 cm³/mol. The summed E-state index contributed by atoms with van der Waals surface area (Å²) in [4.78, 5) is 24.5. The monoisotopic (exact) mass is 353 g/mol. The lowest BCUT2D eigenvalue weighted by molar-refractivity contribution is 0.0912. The number of ketones is 2. The van der Waals surface area contributed by atoms with Gasteiger partial charge in [0.1, 0.15) is 5.75 Å². The minimum atomic E-state index is -0.103. The van der Waals surface area contributed by atoms with Gasteiger partial charge in [0.15, 0.2) is 12.4 Å². The molecule has 0 saturated carbocycles. The summed E-state index contributed by atoms with van der Waals surface area (Å²) in [6.07, 6.45) is 1.81. The fourth-order valence-corrected chi connectivity index (χ4v) is 2.57. The molecule has 3 rings (SSSR count). The van der Waals surface area contributed by atoms with Gasteiger partial charge in [-0.1, -0.05) is 11.6 Å². The average molecular weight is 354 g/mol. The van der Waals surface area contributed by atoms with E-state index in [0.717, 1.165) is 0 Å². The molecule has 126 valence electrons. The van der Waals surface area contributed by atoms with Crippen LogP contribution in [0.3, 0.4) is 0 Å². The Bertz CT molecular complexity index is 895.